The minimum Gasteiger partial charge on any atom is -0.348 e. The number of thiazole rings is 1. The molecule has 1 aliphatic rings. The zero-order chi connectivity index (χ0) is 13.1. The summed E-state index contributed by atoms with van der Waals surface area (Å²) in [4.78, 5) is 16.3. The van der Waals surface area contributed by atoms with Crippen molar-refractivity contribution in [3.63, 3.8) is 0 Å². The lowest BCUT2D eigenvalue weighted by molar-refractivity contribution is -0.123. The maximum atomic E-state index is 11.8. The second kappa shape index (κ2) is 5.80. The third-order valence-corrected chi connectivity index (χ3v) is 4.41. The number of amides is 1. The first kappa shape index (κ1) is 13.5. The average molecular weight is 267 g/mol. The standard InChI is InChI=1S/C13H21N3OS/c1-3-8(2)12(14)13(17)15-6-11-16-10(7-18-11)9-4-5-9/h7-9,12H,3-6,14H2,1-2H3,(H,15,17). The van der Waals surface area contributed by atoms with E-state index in [2.05, 4.69) is 15.7 Å². The Hall–Kier alpha value is -0.940. The van der Waals surface area contributed by atoms with Gasteiger partial charge in [0.25, 0.3) is 0 Å². The molecule has 0 aromatic carbocycles. The fourth-order valence-corrected chi connectivity index (χ4v) is 2.58. The molecule has 0 saturated heterocycles. The van der Waals surface area contributed by atoms with Crippen LogP contribution >= 0.6 is 11.3 Å². The van der Waals surface area contributed by atoms with E-state index >= 15 is 0 Å². The Balaban J connectivity index is 1.81. The van der Waals surface area contributed by atoms with Gasteiger partial charge < -0.3 is 11.1 Å². The van der Waals surface area contributed by atoms with Gasteiger partial charge in [0.1, 0.15) is 5.01 Å². The molecule has 1 aromatic heterocycles. The Morgan fingerprint density at radius 2 is 2.39 bits per heavy atom. The fourth-order valence-electron chi connectivity index (χ4n) is 1.77. The van der Waals surface area contributed by atoms with Crippen LogP contribution in [0.1, 0.15) is 49.7 Å². The highest BCUT2D eigenvalue weighted by atomic mass is 32.1. The van der Waals surface area contributed by atoms with Gasteiger partial charge in [-0.1, -0.05) is 20.3 Å². The van der Waals surface area contributed by atoms with Gasteiger partial charge in [0.15, 0.2) is 0 Å². The van der Waals surface area contributed by atoms with E-state index in [0.717, 1.165) is 11.4 Å². The highest BCUT2D eigenvalue weighted by molar-refractivity contribution is 7.09. The predicted molar refractivity (Wildman–Crippen MR) is 73.4 cm³/mol. The van der Waals surface area contributed by atoms with Crippen molar-refractivity contribution in [3.05, 3.63) is 16.1 Å². The molecule has 1 saturated carbocycles. The molecule has 0 aliphatic heterocycles. The normalized spacial score (nSPS) is 18.4. The molecule has 0 bridgehead atoms. The molecule has 1 aliphatic carbocycles. The van der Waals surface area contributed by atoms with E-state index in [1.165, 1.54) is 18.5 Å². The number of nitrogens with zero attached hydrogens (tertiary/aromatic N) is 1. The molecule has 2 rings (SSSR count). The van der Waals surface area contributed by atoms with E-state index in [1.807, 2.05) is 13.8 Å². The Morgan fingerprint density at radius 3 is 3.00 bits per heavy atom. The Morgan fingerprint density at radius 1 is 1.67 bits per heavy atom. The highest BCUT2D eigenvalue weighted by Gasteiger charge is 2.26. The van der Waals surface area contributed by atoms with Gasteiger partial charge in [0.2, 0.25) is 5.91 Å². The molecule has 2 atom stereocenters. The lowest BCUT2D eigenvalue weighted by atomic mass is 9.99. The summed E-state index contributed by atoms with van der Waals surface area (Å²) in [7, 11) is 0. The minimum atomic E-state index is -0.419. The van der Waals surface area contributed by atoms with Gasteiger partial charge in [0, 0.05) is 11.3 Å². The van der Waals surface area contributed by atoms with Crippen molar-refractivity contribution in [3.8, 4) is 0 Å². The van der Waals surface area contributed by atoms with Gasteiger partial charge in [-0.2, -0.15) is 0 Å². The van der Waals surface area contributed by atoms with Crippen molar-refractivity contribution in [1.82, 2.24) is 10.3 Å². The predicted octanol–water partition coefficient (Wildman–Crippen LogP) is 2.01. The van der Waals surface area contributed by atoms with Crippen molar-refractivity contribution in [1.29, 1.82) is 0 Å². The van der Waals surface area contributed by atoms with Crippen LogP contribution in [0.4, 0.5) is 0 Å². The summed E-state index contributed by atoms with van der Waals surface area (Å²) in [6.45, 7) is 4.54. The number of nitrogens with two attached hydrogens (primary N) is 1. The van der Waals surface area contributed by atoms with Crippen LogP contribution in [0.25, 0.3) is 0 Å². The van der Waals surface area contributed by atoms with Gasteiger partial charge in [-0.3, -0.25) is 4.79 Å². The lowest BCUT2D eigenvalue weighted by Gasteiger charge is -2.17. The topological polar surface area (TPSA) is 68.0 Å². The quantitative estimate of drug-likeness (QED) is 0.828. The minimum absolute atomic E-state index is 0.0764. The Bertz CT molecular complexity index is 414. The monoisotopic (exact) mass is 267 g/mol. The molecule has 0 radical (unpaired) electrons. The molecule has 1 aromatic rings. The highest BCUT2D eigenvalue weighted by Crippen LogP contribution is 2.40. The van der Waals surface area contributed by atoms with E-state index in [0.29, 0.717) is 12.5 Å². The number of hydrogen-bond acceptors (Lipinski definition) is 4. The first-order valence-electron chi connectivity index (χ1n) is 6.59. The van der Waals surface area contributed by atoms with Crippen molar-refractivity contribution in [2.24, 2.45) is 11.7 Å². The summed E-state index contributed by atoms with van der Waals surface area (Å²) in [5.74, 6) is 0.809. The number of rotatable bonds is 6. The average Bonchev–Trinajstić information content (AvgIpc) is 3.13. The summed E-state index contributed by atoms with van der Waals surface area (Å²) in [5, 5.41) is 5.95. The van der Waals surface area contributed by atoms with Gasteiger partial charge in [-0.15, -0.1) is 11.3 Å². The first-order valence-corrected chi connectivity index (χ1v) is 7.47. The van der Waals surface area contributed by atoms with Crippen LogP contribution < -0.4 is 11.1 Å². The first-order chi connectivity index (χ1) is 8.61. The molecule has 100 valence electrons. The van der Waals surface area contributed by atoms with Crippen LogP contribution in [0.2, 0.25) is 0 Å². The number of carbonyl (C=O) groups is 1. The molecule has 0 spiro atoms. The second-order valence-electron chi connectivity index (χ2n) is 5.07. The fraction of sp³-hybridized carbons (Fsp3) is 0.692. The molecular formula is C13H21N3OS. The summed E-state index contributed by atoms with van der Waals surface area (Å²) in [6, 6.07) is -0.419. The summed E-state index contributed by atoms with van der Waals surface area (Å²) >= 11 is 1.62. The van der Waals surface area contributed by atoms with E-state index in [9.17, 15) is 4.79 Å². The maximum Gasteiger partial charge on any atom is 0.237 e. The molecule has 1 heterocycles. The summed E-state index contributed by atoms with van der Waals surface area (Å²) in [6.07, 6.45) is 3.43. The molecule has 1 amide bonds. The number of carbonyl (C=O) groups excluding carboxylic acids is 1. The largest absolute Gasteiger partial charge is 0.348 e. The van der Waals surface area contributed by atoms with Crippen molar-refractivity contribution in [2.45, 2.75) is 51.6 Å². The smallest absolute Gasteiger partial charge is 0.237 e. The van der Waals surface area contributed by atoms with Gasteiger partial charge in [0.05, 0.1) is 18.3 Å². The molecular weight excluding hydrogens is 246 g/mol. The van der Waals surface area contributed by atoms with E-state index < -0.39 is 6.04 Å². The maximum absolute atomic E-state index is 11.8. The van der Waals surface area contributed by atoms with Crippen LogP contribution in [0.3, 0.4) is 0 Å². The molecule has 18 heavy (non-hydrogen) atoms. The molecule has 5 heteroatoms. The van der Waals surface area contributed by atoms with E-state index in [-0.39, 0.29) is 11.8 Å². The Kier molecular flexibility index (Phi) is 4.35. The van der Waals surface area contributed by atoms with Gasteiger partial charge in [-0.25, -0.2) is 4.98 Å². The zero-order valence-corrected chi connectivity index (χ0v) is 11.8. The van der Waals surface area contributed by atoms with Gasteiger partial charge in [-0.05, 0) is 18.8 Å². The van der Waals surface area contributed by atoms with Crippen molar-refractivity contribution < 1.29 is 4.79 Å². The SMILES string of the molecule is CCC(C)C(N)C(=O)NCc1nc(C2CC2)cs1. The van der Waals surface area contributed by atoms with Crippen molar-refractivity contribution in [2.75, 3.05) is 0 Å². The third-order valence-electron chi connectivity index (χ3n) is 3.54. The second-order valence-corrected chi connectivity index (χ2v) is 6.01. The molecule has 3 N–H and O–H groups in total. The van der Waals surface area contributed by atoms with Crippen LogP contribution in [0.15, 0.2) is 5.38 Å². The summed E-state index contributed by atoms with van der Waals surface area (Å²) < 4.78 is 0. The number of hydrogen-bond donors (Lipinski definition) is 2. The number of nitrogens with one attached hydrogen (secondary N) is 1. The van der Waals surface area contributed by atoms with Crippen LogP contribution in [0.5, 0.6) is 0 Å². The van der Waals surface area contributed by atoms with Crippen LogP contribution in [0, 0.1) is 5.92 Å². The van der Waals surface area contributed by atoms with E-state index in [4.69, 9.17) is 5.73 Å². The summed E-state index contributed by atoms with van der Waals surface area (Å²) in [5.41, 5.74) is 7.06. The lowest BCUT2D eigenvalue weighted by Crippen LogP contribution is -2.44. The Labute approximate surface area is 112 Å². The number of aromatic nitrogens is 1. The zero-order valence-electron chi connectivity index (χ0n) is 11.0. The van der Waals surface area contributed by atoms with Gasteiger partial charge >= 0.3 is 0 Å². The van der Waals surface area contributed by atoms with E-state index in [1.54, 1.807) is 11.3 Å². The molecule has 2 unspecified atom stereocenters. The van der Waals surface area contributed by atoms with Crippen LogP contribution in [-0.4, -0.2) is 16.9 Å². The van der Waals surface area contributed by atoms with Crippen molar-refractivity contribution >= 4 is 17.2 Å². The molecule has 1 fully saturated rings. The van der Waals surface area contributed by atoms with Crippen LogP contribution in [-0.2, 0) is 11.3 Å². The molecule has 4 nitrogen and oxygen atoms in total. The third kappa shape index (κ3) is 3.29.